The van der Waals surface area contributed by atoms with Gasteiger partial charge in [0.05, 0.1) is 12.2 Å². The zero-order valence-corrected chi connectivity index (χ0v) is 11.6. The van der Waals surface area contributed by atoms with Gasteiger partial charge < -0.3 is 14.7 Å². The maximum absolute atomic E-state index is 12.2. The van der Waals surface area contributed by atoms with E-state index in [1.165, 1.54) is 0 Å². The van der Waals surface area contributed by atoms with Gasteiger partial charge in [-0.15, -0.1) is 10.2 Å². The number of hydrogen-bond acceptors (Lipinski definition) is 5. The molecule has 1 aliphatic rings. The molecular formula is C13H17N5O2. The summed E-state index contributed by atoms with van der Waals surface area (Å²) in [4.78, 5) is 19.8. The summed E-state index contributed by atoms with van der Waals surface area (Å²) < 4.78 is 5.23. The van der Waals surface area contributed by atoms with Crippen molar-refractivity contribution in [2.75, 3.05) is 0 Å². The molecule has 2 N–H and O–H groups in total. The van der Waals surface area contributed by atoms with Crippen LogP contribution in [0.5, 0.6) is 0 Å². The quantitative estimate of drug-likeness (QED) is 0.864. The maximum Gasteiger partial charge on any atom is 0.235 e. The fraction of sp³-hybridized carbons (Fsp3) is 0.538. The molecule has 0 unspecified atom stereocenters. The van der Waals surface area contributed by atoms with Crippen LogP contribution in [0.1, 0.15) is 35.4 Å². The highest BCUT2D eigenvalue weighted by atomic mass is 16.4. The molecule has 0 aliphatic heterocycles. The van der Waals surface area contributed by atoms with Gasteiger partial charge in [-0.05, 0) is 19.8 Å². The smallest absolute Gasteiger partial charge is 0.235 e. The number of carbonyl (C=O) groups excluding carboxylic acids is 1. The second kappa shape index (κ2) is 5.07. The van der Waals surface area contributed by atoms with E-state index in [2.05, 4.69) is 25.5 Å². The maximum atomic E-state index is 12.2. The molecular weight excluding hydrogens is 258 g/mol. The standard InChI is InChI=1S/C13H17N5O2/c1-7-15-10-4-3-9(5-11(10)16-7)13(19)14-6-12-18-17-8(2)20-12/h9H,3-6H2,1-2H3,(H,14,19)(H,15,16)/t9-/m0/s1. The van der Waals surface area contributed by atoms with Gasteiger partial charge in [-0.1, -0.05) is 0 Å². The first-order valence-corrected chi connectivity index (χ1v) is 6.73. The normalized spacial score (nSPS) is 17.8. The number of amides is 1. The largest absolute Gasteiger partial charge is 0.424 e. The van der Waals surface area contributed by atoms with E-state index >= 15 is 0 Å². The van der Waals surface area contributed by atoms with E-state index in [0.717, 1.165) is 30.1 Å². The van der Waals surface area contributed by atoms with Crippen LogP contribution in [0.15, 0.2) is 4.42 Å². The molecule has 3 rings (SSSR count). The molecule has 1 amide bonds. The fourth-order valence-corrected chi connectivity index (χ4v) is 2.56. The molecule has 106 valence electrons. The van der Waals surface area contributed by atoms with Crippen LogP contribution in [0.25, 0.3) is 0 Å². The van der Waals surface area contributed by atoms with Crippen molar-refractivity contribution in [3.63, 3.8) is 0 Å². The van der Waals surface area contributed by atoms with Gasteiger partial charge in [0.2, 0.25) is 17.7 Å². The van der Waals surface area contributed by atoms with Gasteiger partial charge in [0, 0.05) is 25.0 Å². The van der Waals surface area contributed by atoms with E-state index in [9.17, 15) is 4.79 Å². The molecule has 0 radical (unpaired) electrons. The number of aromatic amines is 1. The molecule has 0 spiro atoms. The van der Waals surface area contributed by atoms with Crippen molar-refractivity contribution in [1.29, 1.82) is 0 Å². The number of imidazole rings is 1. The summed E-state index contributed by atoms with van der Waals surface area (Å²) in [6.07, 6.45) is 2.38. The van der Waals surface area contributed by atoms with Crippen LogP contribution in [-0.4, -0.2) is 26.1 Å². The zero-order valence-electron chi connectivity index (χ0n) is 11.6. The third kappa shape index (κ3) is 2.56. The van der Waals surface area contributed by atoms with E-state index in [1.807, 2.05) is 6.92 Å². The Morgan fingerprint density at radius 1 is 1.45 bits per heavy atom. The highest BCUT2D eigenvalue weighted by Crippen LogP contribution is 2.23. The Morgan fingerprint density at radius 3 is 3.05 bits per heavy atom. The molecule has 1 aliphatic carbocycles. The molecule has 2 heterocycles. The summed E-state index contributed by atoms with van der Waals surface area (Å²) in [6, 6.07) is 0. The predicted octanol–water partition coefficient (Wildman–Crippen LogP) is 0.831. The minimum atomic E-state index is -0.0219. The van der Waals surface area contributed by atoms with E-state index in [4.69, 9.17) is 4.42 Å². The van der Waals surface area contributed by atoms with Crippen molar-refractivity contribution >= 4 is 5.91 Å². The summed E-state index contributed by atoms with van der Waals surface area (Å²) >= 11 is 0. The summed E-state index contributed by atoms with van der Waals surface area (Å²) in [5, 5.41) is 10.4. The van der Waals surface area contributed by atoms with Crippen molar-refractivity contribution in [1.82, 2.24) is 25.5 Å². The van der Waals surface area contributed by atoms with Crippen LogP contribution in [0.2, 0.25) is 0 Å². The Bertz CT molecular complexity index is 630. The number of fused-ring (bicyclic) bond motifs is 1. The first kappa shape index (κ1) is 12.8. The third-order valence-electron chi connectivity index (χ3n) is 3.52. The average Bonchev–Trinajstić information content (AvgIpc) is 2.99. The Labute approximate surface area is 116 Å². The lowest BCUT2D eigenvalue weighted by Crippen LogP contribution is -2.33. The molecule has 0 saturated heterocycles. The minimum Gasteiger partial charge on any atom is -0.424 e. The summed E-state index contributed by atoms with van der Waals surface area (Å²) in [5.74, 6) is 1.86. The van der Waals surface area contributed by atoms with Crippen LogP contribution >= 0.6 is 0 Å². The first-order chi connectivity index (χ1) is 9.61. The van der Waals surface area contributed by atoms with Gasteiger partial charge in [0.1, 0.15) is 5.82 Å². The van der Waals surface area contributed by atoms with E-state index in [-0.39, 0.29) is 18.4 Å². The van der Waals surface area contributed by atoms with Gasteiger partial charge >= 0.3 is 0 Å². The van der Waals surface area contributed by atoms with Gasteiger partial charge in [-0.3, -0.25) is 4.79 Å². The lowest BCUT2D eigenvalue weighted by atomic mass is 9.89. The second-order valence-corrected chi connectivity index (χ2v) is 5.12. The number of rotatable bonds is 3. The molecule has 7 nitrogen and oxygen atoms in total. The lowest BCUT2D eigenvalue weighted by Gasteiger charge is -2.20. The number of H-pyrrole nitrogens is 1. The van der Waals surface area contributed by atoms with Gasteiger partial charge in [0.25, 0.3) is 0 Å². The average molecular weight is 275 g/mol. The number of carbonyl (C=O) groups is 1. The monoisotopic (exact) mass is 275 g/mol. The van der Waals surface area contributed by atoms with Crippen LogP contribution in [0.4, 0.5) is 0 Å². The highest BCUT2D eigenvalue weighted by Gasteiger charge is 2.26. The van der Waals surface area contributed by atoms with Crippen molar-refractivity contribution in [2.24, 2.45) is 5.92 Å². The first-order valence-electron chi connectivity index (χ1n) is 6.73. The summed E-state index contributed by atoms with van der Waals surface area (Å²) in [6.45, 7) is 3.94. The summed E-state index contributed by atoms with van der Waals surface area (Å²) in [7, 11) is 0. The fourth-order valence-electron chi connectivity index (χ4n) is 2.56. The molecule has 0 saturated carbocycles. The van der Waals surface area contributed by atoms with Crippen molar-refractivity contribution in [3.05, 3.63) is 29.0 Å². The highest BCUT2D eigenvalue weighted by molar-refractivity contribution is 5.79. The number of nitrogens with zero attached hydrogens (tertiary/aromatic N) is 3. The van der Waals surface area contributed by atoms with Gasteiger partial charge in [0.15, 0.2) is 0 Å². The zero-order chi connectivity index (χ0) is 14.1. The van der Waals surface area contributed by atoms with E-state index < -0.39 is 0 Å². The van der Waals surface area contributed by atoms with Gasteiger partial charge in [-0.25, -0.2) is 4.98 Å². The Balaban J connectivity index is 1.58. The van der Waals surface area contributed by atoms with E-state index in [0.29, 0.717) is 18.2 Å². The SMILES string of the molecule is Cc1nc2c([nH]1)C[C@@H](C(=O)NCc1nnc(C)o1)CC2. The number of aryl methyl sites for hydroxylation is 3. The summed E-state index contributed by atoms with van der Waals surface area (Å²) in [5.41, 5.74) is 2.18. The second-order valence-electron chi connectivity index (χ2n) is 5.12. The molecule has 0 aromatic carbocycles. The number of aromatic nitrogens is 4. The predicted molar refractivity (Wildman–Crippen MR) is 69.7 cm³/mol. The minimum absolute atomic E-state index is 0.0219. The molecule has 1 atom stereocenters. The van der Waals surface area contributed by atoms with Crippen LogP contribution < -0.4 is 5.32 Å². The van der Waals surface area contributed by atoms with Crippen LogP contribution in [0.3, 0.4) is 0 Å². The van der Waals surface area contributed by atoms with E-state index in [1.54, 1.807) is 6.92 Å². The number of nitrogens with one attached hydrogen (secondary N) is 2. The molecule has 20 heavy (non-hydrogen) atoms. The lowest BCUT2D eigenvalue weighted by molar-refractivity contribution is -0.125. The van der Waals surface area contributed by atoms with Crippen molar-refractivity contribution in [3.8, 4) is 0 Å². The molecule has 2 aromatic heterocycles. The molecule has 0 bridgehead atoms. The van der Waals surface area contributed by atoms with Crippen LogP contribution in [-0.2, 0) is 24.2 Å². The topological polar surface area (TPSA) is 96.7 Å². The molecule has 7 heteroatoms. The molecule has 2 aromatic rings. The Kier molecular flexibility index (Phi) is 3.25. The molecule has 0 fully saturated rings. The Hall–Kier alpha value is -2.18. The van der Waals surface area contributed by atoms with Crippen molar-refractivity contribution < 1.29 is 9.21 Å². The number of hydrogen-bond donors (Lipinski definition) is 2. The van der Waals surface area contributed by atoms with Crippen molar-refractivity contribution in [2.45, 2.75) is 39.7 Å². The van der Waals surface area contributed by atoms with Crippen LogP contribution in [0, 0.1) is 19.8 Å². The third-order valence-corrected chi connectivity index (χ3v) is 3.52. The van der Waals surface area contributed by atoms with Gasteiger partial charge in [-0.2, -0.15) is 0 Å². The Morgan fingerprint density at radius 2 is 2.30 bits per heavy atom.